The van der Waals surface area contributed by atoms with Gasteiger partial charge in [0.05, 0.1) is 5.75 Å². The summed E-state index contributed by atoms with van der Waals surface area (Å²) >= 11 is 1.40. The molecule has 25 heavy (non-hydrogen) atoms. The monoisotopic (exact) mass is 357 g/mol. The van der Waals surface area contributed by atoms with Crippen LogP contribution in [0.25, 0.3) is 0 Å². The van der Waals surface area contributed by atoms with Gasteiger partial charge in [0.2, 0.25) is 0 Å². The number of hydrogen-bond donors (Lipinski definition) is 1. The topological polar surface area (TPSA) is 55.4 Å². The minimum absolute atomic E-state index is 0.171. The van der Waals surface area contributed by atoms with E-state index in [0.29, 0.717) is 5.69 Å². The quantitative estimate of drug-likeness (QED) is 0.619. The molecule has 0 fully saturated rings. The molecule has 0 saturated heterocycles. The molecule has 0 aliphatic carbocycles. The number of rotatable bonds is 6. The Morgan fingerprint density at radius 1 is 1.04 bits per heavy atom. The molecule has 2 aromatic rings. The molecule has 5 heteroatoms. The number of hydrogen-bond acceptors (Lipinski definition) is 4. The number of carbonyl (C=O) groups is 2. The highest BCUT2D eigenvalue weighted by Gasteiger charge is 2.18. The summed E-state index contributed by atoms with van der Waals surface area (Å²) in [5.41, 5.74) is 4.20. The van der Waals surface area contributed by atoms with Gasteiger partial charge in [-0.3, -0.25) is 9.59 Å². The molecule has 2 rings (SSSR count). The van der Waals surface area contributed by atoms with Crippen LogP contribution in [-0.4, -0.2) is 23.7 Å². The molecule has 1 N–H and O–H groups in total. The van der Waals surface area contributed by atoms with Crippen LogP contribution in [0.2, 0.25) is 0 Å². The zero-order chi connectivity index (χ0) is 18.4. The predicted octanol–water partition coefficient (Wildman–Crippen LogP) is 4.27. The SMILES string of the molecule is Cc1ccc(NC(=O)[C@@H](C)OC(=O)CSc2ccc(C)c(C)c2)cc1. The number of amides is 1. The second-order valence-corrected chi connectivity index (χ2v) is 7.07. The van der Waals surface area contributed by atoms with E-state index in [4.69, 9.17) is 4.74 Å². The Morgan fingerprint density at radius 2 is 1.72 bits per heavy atom. The molecule has 132 valence electrons. The van der Waals surface area contributed by atoms with E-state index in [1.54, 1.807) is 6.92 Å². The van der Waals surface area contributed by atoms with Crippen molar-refractivity contribution in [2.24, 2.45) is 0 Å². The fourth-order valence-corrected chi connectivity index (χ4v) is 2.89. The van der Waals surface area contributed by atoms with Crippen LogP contribution in [0, 0.1) is 20.8 Å². The first-order valence-electron chi connectivity index (χ1n) is 8.12. The predicted molar refractivity (Wildman–Crippen MR) is 102 cm³/mol. The van der Waals surface area contributed by atoms with Gasteiger partial charge in [0, 0.05) is 10.6 Å². The van der Waals surface area contributed by atoms with Crippen LogP contribution in [-0.2, 0) is 14.3 Å². The van der Waals surface area contributed by atoms with E-state index < -0.39 is 12.1 Å². The molecule has 0 bridgehead atoms. The van der Waals surface area contributed by atoms with E-state index in [9.17, 15) is 9.59 Å². The summed E-state index contributed by atoms with van der Waals surface area (Å²) in [5.74, 6) is -0.576. The Hall–Kier alpha value is -2.27. The van der Waals surface area contributed by atoms with Crippen LogP contribution >= 0.6 is 11.8 Å². The normalized spacial score (nSPS) is 11.7. The van der Waals surface area contributed by atoms with E-state index in [1.165, 1.54) is 22.9 Å². The minimum atomic E-state index is -0.839. The number of benzene rings is 2. The summed E-state index contributed by atoms with van der Waals surface area (Å²) in [5, 5.41) is 2.74. The number of nitrogens with one attached hydrogen (secondary N) is 1. The molecule has 1 atom stereocenters. The van der Waals surface area contributed by atoms with Crippen molar-refractivity contribution in [1.29, 1.82) is 0 Å². The summed E-state index contributed by atoms with van der Waals surface area (Å²) in [7, 11) is 0. The Kier molecular flexibility index (Phi) is 6.65. The molecule has 0 aliphatic heterocycles. The van der Waals surface area contributed by atoms with Gasteiger partial charge in [-0.05, 0) is 63.1 Å². The van der Waals surface area contributed by atoms with Crippen molar-refractivity contribution < 1.29 is 14.3 Å². The first-order chi connectivity index (χ1) is 11.8. The molecule has 4 nitrogen and oxygen atoms in total. The van der Waals surface area contributed by atoms with Gasteiger partial charge in [0.25, 0.3) is 5.91 Å². The highest BCUT2D eigenvalue weighted by atomic mass is 32.2. The van der Waals surface area contributed by atoms with Gasteiger partial charge in [-0.2, -0.15) is 0 Å². The smallest absolute Gasteiger partial charge is 0.317 e. The van der Waals surface area contributed by atoms with Gasteiger partial charge in [-0.15, -0.1) is 11.8 Å². The van der Waals surface area contributed by atoms with Gasteiger partial charge < -0.3 is 10.1 Å². The van der Waals surface area contributed by atoms with E-state index in [0.717, 1.165) is 10.5 Å². The van der Waals surface area contributed by atoms with Crippen molar-refractivity contribution in [1.82, 2.24) is 0 Å². The maximum atomic E-state index is 12.1. The Bertz CT molecular complexity index is 756. The van der Waals surface area contributed by atoms with Crippen LogP contribution in [0.3, 0.4) is 0 Å². The average Bonchev–Trinajstić information content (AvgIpc) is 2.58. The summed E-state index contributed by atoms with van der Waals surface area (Å²) in [6, 6.07) is 13.5. The summed E-state index contributed by atoms with van der Waals surface area (Å²) in [6.07, 6.45) is -0.839. The number of esters is 1. The van der Waals surface area contributed by atoms with Gasteiger partial charge >= 0.3 is 5.97 Å². The van der Waals surface area contributed by atoms with Crippen molar-refractivity contribution in [3.63, 3.8) is 0 Å². The second kappa shape index (κ2) is 8.72. The summed E-state index contributed by atoms with van der Waals surface area (Å²) < 4.78 is 5.21. The van der Waals surface area contributed by atoms with E-state index in [1.807, 2.05) is 63.2 Å². The summed E-state index contributed by atoms with van der Waals surface area (Å²) in [4.78, 5) is 25.1. The van der Waals surface area contributed by atoms with Crippen LogP contribution < -0.4 is 5.32 Å². The van der Waals surface area contributed by atoms with Gasteiger partial charge in [0.1, 0.15) is 0 Å². The molecule has 1 amide bonds. The molecule has 0 aliphatic rings. The molecule has 0 spiro atoms. The summed E-state index contributed by atoms with van der Waals surface area (Å²) in [6.45, 7) is 7.63. The number of thioether (sulfide) groups is 1. The zero-order valence-corrected chi connectivity index (χ0v) is 15.8. The van der Waals surface area contributed by atoms with Crippen molar-refractivity contribution in [2.45, 2.75) is 38.7 Å². The highest BCUT2D eigenvalue weighted by Crippen LogP contribution is 2.21. The molecule has 0 radical (unpaired) electrons. The second-order valence-electron chi connectivity index (χ2n) is 6.02. The molecular weight excluding hydrogens is 334 g/mol. The molecule has 0 unspecified atom stereocenters. The lowest BCUT2D eigenvalue weighted by Gasteiger charge is -2.13. The lowest BCUT2D eigenvalue weighted by molar-refractivity contribution is -0.150. The van der Waals surface area contributed by atoms with Crippen molar-refractivity contribution in [3.05, 3.63) is 59.2 Å². The Balaban J connectivity index is 1.81. The van der Waals surface area contributed by atoms with Crippen molar-refractivity contribution in [2.75, 3.05) is 11.1 Å². The fourth-order valence-electron chi connectivity index (χ4n) is 2.11. The average molecular weight is 357 g/mol. The fraction of sp³-hybridized carbons (Fsp3) is 0.300. The lowest BCUT2D eigenvalue weighted by Crippen LogP contribution is -2.30. The molecule has 0 saturated carbocycles. The Morgan fingerprint density at radius 3 is 2.36 bits per heavy atom. The minimum Gasteiger partial charge on any atom is -0.452 e. The number of aryl methyl sites for hydroxylation is 3. The lowest BCUT2D eigenvalue weighted by atomic mass is 10.1. The molecule has 0 heterocycles. The third kappa shape index (κ3) is 5.94. The largest absolute Gasteiger partial charge is 0.452 e. The van der Waals surface area contributed by atoms with Crippen LogP contribution in [0.1, 0.15) is 23.6 Å². The highest BCUT2D eigenvalue weighted by molar-refractivity contribution is 8.00. The molecule has 0 aromatic heterocycles. The Labute approximate surface area is 153 Å². The first-order valence-corrected chi connectivity index (χ1v) is 9.11. The third-order valence-electron chi connectivity index (χ3n) is 3.83. The van der Waals surface area contributed by atoms with Gasteiger partial charge in [-0.1, -0.05) is 23.8 Å². The van der Waals surface area contributed by atoms with Crippen molar-refractivity contribution >= 4 is 29.3 Å². The van der Waals surface area contributed by atoms with Crippen LogP contribution in [0.4, 0.5) is 5.69 Å². The standard InChI is InChI=1S/C20H23NO3S/c1-13-5-8-17(9-6-13)21-20(23)16(4)24-19(22)12-25-18-10-7-14(2)15(3)11-18/h5-11,16H,12H2,1-4H3,(H,21,23)/t16-/m1/s1. The van der Waals surface area contributed by atoms with Crippen LogP contribution in [0.5, 0.6) is 0 Å². The third-order valence-corrected chi connectivity index (χ3v) is 4.80. The van der Waals surface area contributed by atoms with Crippen molar-refractivity contribution in [3.8, 4) is 0 Å². The van der Waals surface area contributed by atoms with Gasteiger partial charge in [-0.25, -0.2) is 0 Å². The first kappa shape index (κ1) is 19.1. The van der Waals surface area contributed by atoms with E-state index >= 15 is 0 Å². The number of carbonyl (C=O) groups excluding carboxylic acids is 2. The molecular formula is C20H23NO3S. The van der Waals surface area contributed by atoms with E-state index in [2.05, 4.69) is 5.32 Å². The van der Waals surface area contributed by atoms with E-state index in [-0.39, 0.29) is 11.7 Å². The number of ether oxygens (including phenoxy) is 1. The van der Waals surface area contributed by atoms with Gasteiger partial charge in [0.15, 0.2) is 6.10 Å². The zero-order valence-electron chi connectivity index (χ0n) is 15.0. The maximum absolute atomic E-state index is 12.1. The van der Waals surface area contributed by atoms with Crippen LogP contribution in [0.15, 0.2) is 47.4 Å². The molecule has 2 aromatic carbocycles. The number of anilines is 1. The maximum Gasteiger partial charge on any atom is 0.317 e.